The minimum atomic E-state index is -0.470. The summed E-state index contributed by atoms with van der Waals surface area (Å²) in [6.45, 7) is 7.34. The van der Waals surface area contributed by atoms with Gasteiger partial charge >= 0.3 is 0 Å². The minimum absolute atomic E-state index is 0.0301. The van der Waals surface area contributed by atoms with E-state index in [0.717, 1.165) is 12.8 Å². The standard InChI is InChI=1S/C14H25N5O2/c1-5-6-11(15)12-7-19(18-17-12)8-13(21)16-14(9(2)3)10(4)20/h7,9,11,14H,5-6,8,15H2,1-4H3,(H,16,21). The lowest BCUT2D eigenvalue weighted by atomic mass is 10.0. The van der Waals surface area contributed by atoms with Crippen molar-refractivity contribution in [2.75, 3.05) is 0 Å². The Morgan fingerprint density at radius 3 is 2.62 bits per heavy atom. The van der Waals surface area contributed by atoms with Crippen LogP contribution in [0.25, 0.3) is 0 Å². The third kappa shape index (κ3) is 5.26. The highest BCUT2D eigenvalue weighted by molar-refractivity contribution is 5.87. The Balaban J connectivity index is 2.61. The number of amides is 1. The Kier molecular flexibility index (Phi) is 6.48. The Hall–Kier alpha value is -1.76. The number of aromatic nitrogens is 3. The fourth-order valence-corrected chi connectivity index (χ4v) is 2.12. The Morgan fingerprint density at radius 2 is 2.10 bits per heavy atom. The maximum absolute atomic E-state index is 12.0. The van der Waals surface area contributed by atoms with Gasteiger partial charge in [-0.05, 0) is 19.3 Å². The van der Waals surface area contributed by atoms with Gasteiger partial charge in [-0.3, -0.25) is 9.59 Å². The largest absolute Gasteiger partial charge is 0.344 e. The second-order valence-corrected chi connectivity index (χ2v) is 5.64. The third-order valence-corrected chi connectivity index (χ3v) is 3.26. The Labute approximate surface area is 125 Å². The molecule has 2 atom stereocenters. The molecule has 0 fully saturated rings. The van der Waals surface area contributed by atoms with Gasteiger partial charge in [0.25, 0.3) is 0 Å². The van der Waals surface area contributed by atoms with Gasteiger partial charge in [0.1, 0.15) is 6.54 Å². The molecule has 0 bridgehead atoms. The van der Waals surface area contributed by atoms with Gasteiger partial charge in [-0.2, -0.15) is 0 Å². The lowest BCUT2D eigenvalue weighted by molar-refractivity contribution is -0.128. The summed E-state index contributed by atoms with van der Waals surface area (Å²) in [7, 11) is 0. The molecule has 0 aliphatic heterocycles. The van der Waals surface area contributed by atoms with Gasteiger partial charge in [0.2, 0.25) is 5.91 Å². The second-order valence-electron chi connectivity index (χ2n) is 5.64. The summed E-state index contributed by atoms with van der Waals surface area (Å²) in [6.07, 6.45) is 3.46. The van der Waals surface area contributed by atoms with Crippen LogP contribution in [0.5, 0.6) is 0 Å². The molecule has 1 amide bonds. The van der Waals surface area contributed by atoms with E-state index in [4.69, 9.17) is 5.73 Å². The maximum atomic E-state index is 12.0. The number of nitrogens with zero attached hydrogens (tertiary/aromatic N) is 3. The van der Waals surface area contributed by atoms with Crippen molar-refractivity contribution >= 4 is 11.7 Å². The summed E-state index contributed by atoms with van der Waals surface area (Å²) in [5.74, 6) is -0.261. The first-order valence-electron chi connectivity index (χ1n) is 7.30. The molecule has 7 nitrogen and oxygen atoms in total. The van der Waals surface area contributed by atoms with E-state index in [1.54, 1.807) is 6.20 Å². The molecule has 1 heterocycles. The number of rotatable bonds is 8. The molecule has 0 aliphatic rings. The van der Waals surface area contributed by atoms with Crippen molar-refractivity contribution in [3.63, 3.8) is 0 Å². The van der Waals surface area contributed by atoms with Crippen molar-refractivity contribution in [3.8, 4) is 0 Å². The van der Waals surface area contributed by atoms with Gasteiger partial charge in [0.05, 0.1) is 24.0 Å². The number of ketones is 1. The van der Waals surface area contributed by atoms with Crippen molar-refractivity contribution in [2.24, 2.45) is 11.7 Å². The average Bonchev–Trinajstić information content (AvgIpc) is 2.84. The fraction of sp³-hybridized carbons (Fsp3) is 0.714. The quantitative estimate of drug-likeness (QED) is 0.738. The number of nitrogens with one attached hydrogen (secondary N) is 1. The Bertz CT molecular complexity index is 483. The van der Waals surface area contributed by atoms with E-state index in [9.17, 15) is 9.59 Å². The zero-order chi connectivity index (χ0) is 16.0. The lowest BCUT2D eigenvalue weighted by Crippen LogP contribution is -2.44. The van der Waals surface area contributed by atoms with E-state index < -0.39 is 6.04 Å². The van der Waals surface area contributed by atoms with Crippen LogP contribution < -0.4 is 11.1 Å². The summed E-state index contributed by atoms with van der Waals surface area (Å²) in [5.41, 5.74) is 6.63. The summed E-state index contributed by atoms with van der Waals surface area (Å²) >= 11 is 0. The molecule has 1 aromatic rings. The number of Topliss-reactive ketones (excluding diaryl/α,β-unsaturated/α-hetero) is 1. The smallest absolute Gasteiger partial charge is 0.242 e. The maximum Gasteiger partial charge on any atom is 0.242 e. The van der Waals surface area contributed by atoms with Gasteiger partial charge in [-0.15, -0.1) is 5.10 Å². The number of carbonyl (C=O) groups excluding carboxylic acids is 2. The highest BCUT2D eigenvalue weighted by Gasteiger charge is 2.21. The molecule has 1 aromatic heterocycles. The van der Waals surface area contributed by atoms with Crippen LogP contribution in [0, 0.1) is 5.92 Å². The highest BCUT2D eigenvalue weighted by Crippen LogP contribution is 2.11. The molecule has 1 rings (SSSR count). The molecule has 0 aromatic carbocycles. The van der Waals surface area contributed by atoms with Crippen molar-refractivity contribution in [1.82, 2.24) is 20.3 Å². The minimum Gasteiger partial charge on any atom is -0.344 e. The highest BCUT2D eigenvalue weighted by atomic mass is 16.2. The molecule has 0 aliphatic carbocycles. The molecule has 0 radical (unpaired) electrons. The fourth-order valence-electron chi connectivity index (χ4n) is 2.12. The SMILES string of the molecule is CCCC(N)c1cn(CC(=O)NC(C(C)=O)C(C)C)nn1. The zero-order valence-corrected chi connectivity index (χ0v) is 13.2. The van der Waals surface area contributed by atoms with Crippen LogP contribution in [0.2, 0.25) is 0 Å². The van der Waals surface area contributed by atoms with Crippen molar-refractivity contribution < 1.29 is 9.59 Å². The number of hydrogen-bond acceptors (Lipinski definition) is 5. The lowest BCUT2D eigenvalue weighted by Gasteiger charge is -2.19. The molecule has 7 heteroatoms. The van der Waals surface area contributed by atoms with Crippen LogP contribution in [-0.4, -0.2) is 32.7 Å². The summed E-state index contributed by atoms with van der Waals surface area (Å²) < 4.78 is 1.44. The molecule has 2 unspecified atom stereocenters. The van der Waals surface area contributed by atoms with Crippen molar-refractivity contribution in [2.45, 2.75) is 59.2 Å². The van der Waals surface area contributed by atoms with Gasteiger partial charge in [0.15, 0.2) is 5.78 Å². The van der Waals surface area contributed by atoms with E-state index in [1.807, 2.05) is 20.8 Å². The van der Waals surface area contributed by atoms with Crippen molar-refractivity contribution in [3.05, 3.63) is 11.9 Å². The van der Waals surface area contributed by atoms with E-state index in [0.29, 0.717) is 5.69 Å². The topological polar surface area (TPSA) is 103 Å². The summed E-state index contributed by atoms with van der Waals surface area (Å²) in [6, 6.07) is -0.629. The van der Waals surface area contributed by atoms with Crippen LogP contribution in [0.1, 0.15) is 52.3 Å². The molecule has 0 spiro atoms. The molecule has 21 heavy (non-hydrogen) atoms. The van der Waals surface area contributed by atoms with Crippen molar-refractivity contribution in [1.29, 1.82) is 0 Å². The van der Waals surface area contributed by atoms with Crippen LogP contribution in [0.4, 0.5) is 0 Å². The molecular weight excluding hydrogens is 270 g/mol. The van der Waals surface area contributed by atoms with Crippen LogP contribution in [0.3, 0.4) is 0 Å². The predicted octanol–water partition coefficient (Wildman–Crippen LogP) is 0.808. The van der Waals surface area contributed by atoms with Gasteiger partial charge in [-0.1, -0.05) is 32.4 Å². The van der Waals surface area contributed by atoms with E-state index in [1.165, 1.54) is 11.6 Å². The van der Waals surface area contributed by atoms with E-state index in [-0.39, 0.29) is 30.2 Å². The molecule has 0 saturated heterocycles. The molecular formula is C14H25N5O2. The molecule has 3 N–H and O–H groups in total. The number of carbonyl (C=O) groups is 2. The second kappa shape index (κ2) is 7.87. The van der Waals surface area contributed by atoms with Gasteiger partial charge in [0, 0.05) is 0 Å². The predicted molar refractivity (Wildman–Crippen MR) is 79.3 cm³/mol. The molecule has 118 valence electrons. The first kappa shape index (κ1) is 17.3. The van der Waals surface area contributed by atoms with Crippen LogP contribution >= 0.6 is 0 Å². The monoisotopic (exact) mass is 295 g/mol. The van der Waals surface area contributed by atoms with Crippen LogP contribution in [-0.2, 0) is 16.1 Å². The third-order valence-electron chi connectivity index (χ3n) is 3.26. The average molecular weight is 295 g/mol. The number of hydrogen-bond donors (Lipinski definition) is 2. The van der Waals surface area contributed by atoms with Gasteiger partial charge in [-0.25, -0.2) is 4.68 Å². The van der Waals surface area contributed by atoms with E-state index in [2.05, 4.69) is 15.6 Å². The Morgan fingerprint density at radius 1 is 1.43 bits per heavy atom. The first-order chi connectivity index (χ1) is 9.85. The van der Waals surface area contributed by atoms with Crippen LogP contribution in [0.15, 0.2) is 6.20 Å². The zero-order valence-electron chi connectivity index (χ0n) is 13.2. The summed E-state index contributed by atoms with van der Waals surface area (Å²) in [5, 5.41) is 10.6. The van der Waals surface area contributed by atoms with Gasteiger partial charge < -0.3 is 11.1 Å². The summed E-state index contributed by atoms with van der Waals surface area (Å²) in [4.78, 5) is 23.4. The van der Waals surface area contributed by atoms with E-state index >= 15 is 0 Å². The molecule has 0 saturated carbocycles. The first-order valence-corrected chi connectivity index (χ1v) is 7.30. The number of nitrogens with two attached hydrogens (primary N) is 1. The normalized spacial score (nSPS) is 14.0.